The lowest BCUT2D eigenvalue weighted by atomic mass is 10.0. The maximum atomic E-state index is 12.8. The van der Waals surface area contributed by atoms with Crippen LogP contribution >= 0.6 is 0 Å². The van der Waals surface area contributed by atoms with Gasteiger partial charge in [0, 0.05) is 37.6 Å². The van der Waals surface area contributed by atoms with Crippen molar-refractivity contribution in [3.05, 3.63) is 65.6 Å². The number of carbonyl (C=O) groups is 1. The van der Waals surface area contributed by atoms with Crippen molar-refractivity contribution in [3.8, 4) is 5.75 Å². The van der Waals surface area contributed by atoms with Crippen molar-refractivity contribution in [1.29, 1.82) is 0 Å². The summed E-state index contributed by atoms with van der Waals surface area (Å²) in [6.45, 7) is 5.45. The van der Waals surface area contributed by atoms with Gasteiger partial charge < -0.3 is 19.2 Å². The summed E-state index contributed by atoms with van der Waals surface area (Å²) in [7, 11) is 1.67. The fourth-order valence-corrected chi connectivity index (χ4v) is 3.81. The molecule has 7 heteroatoms. The number of methoxy groups -OCH3 is 1. The Morgan fingerprint density at radius 1 is 1.24 bits per heavy atom. The second-order valence-corrected chi connectivity index (χ2v) is 7.16. The van der Waals surface area contributed by atoms with Crippen LogP contribution in [0.25, 0.3) is 5.65 Å². The molecule has 3 aromatic rings. The van der Waals surface area contributed by atoms with Crippen LogP contribution in [0.5, 0.6) is 5.75 Å². The number of benzene rings is 1. The van der Waals surface area contributed by atoms with Gasteiger partial charge >= 0.3 is 0 Å². The van der Waals surface area contributed by atoms with Gasteiger partial charge in [-0.05, 0) is 24.6 Å². The molecule has 2 aromatic heterocycles. The van der Waals surface area contributed by atoms with E-state index in [0.29, 0.717) is 25.5 Å². The maximum absolute atomic E-state index is 12.8. The number of amides is 1. The number of nitrogens with one attached hydrogen (secondary N) is 1. The van der Waals surface area contributed by atoms with E-state index in [2.05, 4.69) is 21.3 Å². The topological polar surface area (TPSA) is 68.1 Å². The molecule has 0 unspecified atom stereocenters. The number of fused-ring (bicyclic) bond motifs is 1. The molecule has 1 saturated heterocycles. The lowest BCUT2D eigenvalue weighted by molar-refractivity contribution is 0.0157. The first-order chi connectivity index (χ1) is 14.2. The van der Waals surface area contributed by atoms with E-state index < -0.39 is 0 Å². The van der Waals surface area contributed by atoms with Gasteiger partial charge in [0.15, 0.2) is 0 Å². The lowest BCUT2D eigenvalue weighted by Crippen LogP contribution is -2.44. The van der Waals surface area contributed by atoms with E-state index in [1.165, 1.54) is 0 Å². The molecule has 152 valence electrons. The van der Waals surface area contributed by atoms with Gasteiger partial charge in [-0.1, -0.05) is 24.3 Å². The van der Waals surface area contributed by atoms with Gasteiger partial charge in [0.2, 0.25) is 0 Å². The molecule has 1 amide bonds. The summed E-state index contributed by atoms with van der Waals surface area (Å²) in [4.78, 5) is 19.7. The standard InChI is InChI=1S/C22H26N4O3/c1-16-6-5-9-26-15-18(24-21(16)26)22(27)23-14-19(25-10-12-29-13-11-25)17-7-3-4-8-20(17)28-2/h3-9,15,19H,10-14H2,1-2H3,(H,23,27)/t19-/m1/s1. The molecule has 0 aliphatic carbocycles. The number of hydrogen-bond donors (Lipinski definition) is 1. The summed E-state index contributed by atoms with van der Waals surface area (Å²) >= 11 is 0. The highest BCUT2D eigenvalue weighted by molar-refractivity contribution is 5.93. The number of pyridine rings is 1. The van der Waals surface area contributed by atoms with Crippen LogP contribution in [0.15, 0.2) is 48.8 Å². The Kier molecular flexibility index (Phi) is 5.78. The molecule has 0 spiro atoms. The highest BCUT2D eigenvalue weighted by atomic mass is 16.5. The van der Waals surface area contributed by atoms with Crippen LogP contribution in [0.1, 0.15) is 27.7 Å². The zero-order valence-corrected chi connectivity index (χ0v) is 16.8. The van der Waals surface area contributed by atoms with Crippen LogP contribution in [0.2, 0.25) is 0 Å². The molecule has 0 radical (unpaired) electrons. The molecule has 1 aliphatic heterocycles. The van der Waals surface area contributed by atoms with E-state index in [1.807, 2.05) is 47.9 Å². The first-order valence-electron chi connectivity index (χ1n) is 9.84. The van der Waals surface area contributed by atoms with Crippen molar-refractivity contribution >= 4 is 11.6 Å². The molecule has 4 rings (SSSR count). The molecule has 0 saturated carbocycles. The van der Waals surface area contributed by atoms with Crippen LogP contribution in [0.3, 0.4) is 0 Å². The van der Waals surface area contributed by atoms with Crippen molar-refractivity contribution in [3.63, 3.8) is 0 Å². The molecule has 1 fully saturated rings. The zero-order chi connectivity index (χ0) is 20.2. The predicted molar refractivity (Wildman–Crippen MR) is 110 cm³/mol. The number of hydrogen-bond acceptors (Lipinski definition) is 5. The van der Waals surface area contributed by atoms with Gasteiger partial charge in [-0.2, -0.15) is 0 Å². The Balaban J connectivity index is 1.55. The largest absolute Gasteiger partial charge is 0.496 e. The minimum atomic E-state index is -0.179. The minimum Gasteiger partial charge on any atom is -0.496 e. The van der Waals surface area contributed by atoms with Gasteiger partial charge in [-0.25, -0.2) is 4.98 Å². The van der Waals surface area contributed by atoms with Crippen LogP contribution in [0.4, 0.5) is 0 Å². The molecule has 29 heavy (non-hydrogen) atoms. The van der Waals surface area contributed by atoms with E-state index in [4.69, 9.17) is 9.47 Å². The van der Waals surface area contributed by atoms with Crippen molar-refractivity contribution in [2.45, 2.75) is 13.0 Å². The van der Waals surface area contributed by atoms with E-state index in [-0.39, 0.29) is 11.9 Å². The van der Waals surface area contributed by atoms with Crippen LogP contribution < -0.4 is 10.1 Å². The predicted octanol–water partition coefficient (Wildman–Crippen LogP) is 2.45. The highest BCUT2D eigenvalue weighted by Gasteiger charge is 2.26. The Labute approximate surface area is 170 Å². The first-order valence-corrected chi connectivity index (χ1v) is 9.84. The SMILES string of the molecule is COc1ccccc1[C@@H](CNC(=O)c1cn2cccc(C)c2n1)N1CCOCC1. The number of para-hydroxylation sites is 1. The third kappa shape index (κ3) is 4.11. The van der Waals surface area contributed by atoms with Gasteiger partial charge in [-0.3, -0.25) is 9.69 Å². The molecule has 1 N–H and O–H groups in total. The third-order valence-corrected chi connectivity index (χ3v) is 5.35. The van der Waals surface area contributed by atoms with Crippen molar-refractivity contribution < 1.29 is 14.3 Å². The number of morpholine rings is 1. The Bertz CT molecular complexity index is 995. The monoisotopic (exact) mass is 394 g/mol. The lowest BCUT2D eigenvalue weighted by Gasteiger charge is -2.35. The average molecular weight is 394 g/mol. The first kappa shape index (κ1) is 19.4. The second-order valence-electron chi connectivity index (χ2n) is 7.16. The normalized spacial score (nSPS) is 15.9. The van der Waals surface area contributed by atoms with E-state index in [9.17, 15) is 4.79 Å². The molecule has 1 aromatic carbocycles. The Hall–Kier alpha value is -2.90. The van der Waals surface area contributed by atoms with Gasteiger partial charge in [-0.15, -0.1) is 0 Å². The Morgan fingerprint density at radius 2 is 2.03 bits per heavy atom. The summed E-state index contributed by atoms with van der Waals surface area (Å²) in [5.41, 5.74) is 3.31. The number of aryl methyl sites for hydroxylation is 1. The van der Waals surface area contributed by atoms with Gasteiger partial charge in [0.05, 0.1) is 26.4 Å². The van der Waals surface area contributed by atoms with Crippen LogP contribution in [-0.4, -0.2) is 60.1 Å². The minimum absolute atomic E-state index is 0.00207. The van der Waals surface area contributed by atoms with E-state index in [1.54, 1.807) is 13.3 Å². The summed E-state index contributed by atoms with van der Waals surface area (Å²) in [6, 6.07) is 11.9. The van der Waals surface area contributed by atoms with Gasteiger partial charge in [0.1, 0.15) is 17.1 Å². The molecule has 0 bridgehead atoms. The quantitative estimate of drug-likeness (QED) is 0.696. The van der Waals surface area contributed by atoms with E-state index >= 15 is 0 Å². The fraction of sp³-hybridized carbons (Fsp3) is 0.364. The molecular weight excluding hydrogens is 368 g/mol. The summed E-state index contributed by atoms with van der Waals surface area (Å²) in [5.74, 6) is 0.642. The third-order valence-electron chi connectivity index (χ3n) is 5.35. The number of imidazole rings is 1. The average Bonchev–Trinajstić information content (AvgIpc) is 3.21. The maximum Gasteiger partial charge on any atom is 0.271 e. The van der Waals surface area contributed by atoms with Crippen molar-refractivity contribution in [2.24, 2.45) is 0 Å². The molecule has 3 heterocycles. The van der Waals surface area contributed by atoms with Crippen LogP contribution in [0, 0.1) is 6.92 Å². The molecular formula is C22H26N4O3. The second kappa shape index (κ2) is 8.63. The smallest absolute Gasteiger partial charge is 0.271 e. The number of carbonyl (C=O) groups excluding carboxylic acids is 1. The summed E-state index contributed by atoms with van der Waals surface area (Å²) in [5, 5.41) is 3.07. The van der Waals surface area contributed by atoms with Crippen molar-refractivity contribution in [2.75, 3.05) is 40.0 Å². The van der Waals surface area contributed by atoms with Crippen LogP contribution in [-0.2, 0) is 4.74 Å². The summed E-state index contributed by atoms with van der Waals surface area (Å²) in [6.07, 6.45) is 3.67. The fourth-order valence-electron chi connectivity index (χ4n) is 3.81. The highest BCUT2D eigenvalue weighted by Crippen LogP contribution is 2.29. The molecule has 1 atom stereocenters. The summed E-state index contributed by atoms with van der Waals surface area (Å²) < 4.78 is 13.0. The van der Waals surface area contributed by atoms with E-state index in [0.717, 1.165) is 35.6 Å². The van der Waals surface area contributed by atoms with Gasteiger partial charge in [0.25, 0.3) is 5.91 Å². The number of nitrogens with zero attached hydrogens (tertiary/aromatic N) is 3. The number of ether oxygens (including phenoxy) is 2. The molecule has 7 nitrogen and oxygen atoms in total. The zero-order valence-electron chi connectivity index (χ0n) is 16.8. The number of rotatable bonds is 6. The van der Waals surface area contributed by atoms with Crippen molar-refractivity contribution in [1.82, 2.24) is 19.6 Å². The number of aromatic nitrogens is 2. The Morgan fingerprint density at radius 3 is 2.79 bits per heavy atom. The molecule has 1 aliphatic rings.